The van der Waals surface area contributed by atoms with Crippen LogP contribution in [0.1, 0.15) is 33.4 Å². The molecule has 36 heavy (non-hydrogen) atoms. The van der Waals surface area contributed by atoms with Crippen LogP contribution in [0.2, 0.25) is 0 Å². The van der Waals surface area contributed by atoms with Crippen molar-refractivity contribution in [1.82, 2.24) is 0 Å². The molecule has 0 atom stereocenters. The molecule has 0 amide bonds. The first-order chi connectivity index (χ1) is 16.2. The van der Waals surface area contributed by atoms with Crippen molar-refractivity contribution in [3.63, 3.8) is 0 Å². The van der Waals surface area contributed by atoms with Crippen LogP contribution in [0, 0.1) is 0 Å². The minimum absolute atomic E-state index is 0.150. The zero-order valence-electron chi connectivity index (χ0n) is 17.0. The maximum atomic E-state index is 13.1. The molecule has 2 nitrogen and oxygen atoms in total. The summed E-state index contributed by atoms with van der Waals surface area (Å²) in [6.45, 7) is 0. The molecule has 0 bridgehead atoms. The normalized spacial score (nSPS) is 15.7. The van der Waals surface area contributed by atoms with E-state index >= 15 is 0 Å². The van der Waals surface area contributed by atoms with E-state index in [0.717, 1.165) is 0 Å². The number of hydrogen-bond donors (Lipinski definition) is 0. The molecule has 2 aromatic carbocycles. The highest BCUT2D eigenvalue weighted by Gasteiger charge is 2.39. The molecule has 0 aliphatic heterocycles. The van der Waals surface area contributed by atoms with E-state index in [1.54, 1.807) is 0 Å². The fourth-order valence-corrected chi connectivity index (χ4v) is 3.23. The Morgan fingerprint density at radius 3 is 0.806 bits per heavy atom. The maximum Gasteiger partial charge on any atom is 0.416 e. The molecule has 2 aromatic rings. The maximum absolute atomic E-state index is 13.1. The first kappa shape index (κ1) is 27.0. The average Bonchev–Trinajstić information content (AvgIpc) is 2.72. The summed E-state index contributed by atoms with van der Waals surface area (Å²) in [6.07, 6.45) is -20.6. The van der Waals surface area contributed by atoms with Gasteiger partial charge in [0.25, 0.3) is 0 Å². The number of carbonyl (C=O) groups is 2. The van der Waals surface area contributed by atoms with E-state index in [0.29, 0.717) is 0 Å². The second-order valence-electron chi connectivity index (χ2n) is 7.43. The third kappa shape index (κ3) is 5.62. The number of benzene rings is 2. The lowest BCUT2D eigenvalue weighted by molar-refractivity contribution is -0.144. The van der Waals surface area contributed by atoms with Gasteiger partial charge in [0, 0.05) is 11.1 Å². The fraction of sp³-hybridized carbons (Fsp3) is 0.182. The van der Waals surface area contributed by atoms with E-state index < -0.39 is 80.8 Å². The van der Waals surface area contributed by atoms with Crippen LogP contribution in [0.3, 0.4) is 0 Å². The molecule has 0 unspecified atom stereocenters. The van der Waals surface area contributed by atoms with Crippen LogP contribution in [0.15, 0.2) is 48.6 Å². The first-order valence-electron chi connectivity index (χ1n) is 9.29. The van der Waals surface area contributed by atoms with Gasteiger partial charge in [-0.1, -0.05) is 0 Å². The van der Waals surface area contributed by atoms with Crippen LogP contribution in [-0.4, -0.2) is 11.6 Å². The van der Waals surface area contributed by atoms with Gasteiger partial charge in [-0.05, 0) is 59.7 Å². The highest BCUT2D eigenvalue weighted by atomic mass is 19.4. The van der Waals surface area contributed by atoms with Gasteiger partial charge in [-0.2, -0.15) is 52.7 Å². The van der Waals surface area contributed by atoms with Crippen LogP contribution >= 0.6 is 0 Å². The summed E-state index contributed by atoms with van der Waals surface area (Å²) >= 11 is 0. The lowest BCUT2D eigenvalue weighted by atomic mass is 9.87. The Labute approximate surface area is 192 Å². The van der Waals surface area contributed by atoms with E-state index in [2.05, 4.69) is 0 Å². The minimum atomic E-state index is -5.29. The van der Waals surface area contributed by atoms with Crippen molar-refractivity contribution < 1.29 is 62.3 Å². The quantitative estimate of drug-likeness (QED) is 0.299. The van der Waals surface area contributed by atoms with Gasteiger partial charge in [0.05, 0.1) is 22.3 Å². The molecule has 192 valence electrons. The van der Waals surface area contributed by atoms with Crippen molar-refractivity contribution in [2.75, 3.05) is 0 Å². The standard InChI is InChI=1S/C22H8F12O2/c23-19(24,25)11-1-9(2-12(5-11)20(26,27)28)15-7-18(36)16(8-17(15)35)10-3-13(21(29,30)31)6-14(4-10)22(32,33)34/h1-8H. The molecule has 0 N–H and O–H groups in total. The van der Waals surface area contributed by atoms with Crippen molar-refractivity contribution in [1.29, 1.82) is 0 Å². The molecule has 1 aliphatic rings. The Morgan fingerprint density at radius 1 is 0.389 bits per heavy atom. The molecular formula is C22H8F12O2. The summed E-state index contributed by atoms with van der Waals surface area (Å²) in [5.41, 5.74) is -11.1. The predicted octanol–water partition coefficient (Wildman–Crippen LogP) is 7.38. The molecule has 14 heteroatoms. The Bertz CT molecular complexity index is 1140. The molecule has 0 heterocycles. The highest BCUT2D eigenvalue weighted by molar-refractivity contribution is 6.44. The monoisotopic (exact) mass is 532 g/mol. The van der Waals surface area contributed by atoms with Gasteiger partial charge in [0.1, 0.15) is 0 Å². The molecule has 0 spiro atoms. The molecule has 3 rings (SSSR count). The Balaban J connectivity index is 2.14. The number of halogens is 12. The van der Waals surface area contributed by atoms with E-state index in [1.165, 1.54) is 0 Å². The van der Waals surface area contributed by atoms with Gasteiger partial charge in [-0.15, -0.1) is 0 Å². The molecular weight excluding hydrogens is 524 g/mol. The van der Waals surface area contributed by atoms with Gasteiger partial charge in [0.2, 0.25) is 0 Å². The van der Waals surface area contributed by atoms with Crippen LogP contribution < -0.4 is 0 Å². The van der Waals surface area contributed by atoms with E-state index in [-0.39, 0.29) is 48.6 Å². The van der Waals surface area contributed by atoms with Crippen LogP contribution in [0.25, 0.3) is 11.1 Å². The lowest BCUT2D eigenvalue weighted by Gasteiger charge is -2.18. The molecule has 0 saturated heterocycles. The van der Waals surface area contributed by atoms with Gasteiger partial charge in [-0.25, -0.2) is 0 Å². The van der Waals surface area contributed by atoms with Crippen LogP contribution in [-0.2, 0) is 34.3 Å². The van der Waals surface area contributed by atoms with Crippen molar-refractivity contribution in [2.45, 2.75) is 24.7 Å². The number of rotatable bonds is 2. The van der Waals surface area contributed by atoms with E-state index in [1.807, 2.05) is 0 Å². The molecule has 0 saturated carbocycles. The summed E-state index contributed by atoms with van der Waals surface area (Å²) in [6, 6.07) is 0.131. The smallest absolute Gasteiger partial charge is 0.289 e. The third-order valence-electron chi connectivity index (χ3n) is 4.88. The summed E-state index contributed by atoms with van der Waals surface area (Å²) in [7, 11) is 0. The van der Waals surface area contributed by atoms with Gasteiger partial charge in [0.15, 0.2) is 11.6 Å². The zero-order chi connectivity index (χ0) is 27.4. The minimum Gasteiger partial charge on any atom is -0.289 e. The molecule has 0 fully saturated rings. The second kappa shape index (κ2) is 8.52. The number of alkyl halides is 12. The topological polar surface area (TPSA) is 34.1 Å². The number of ketones is 2. The second-order valence-corrected chi connectivity index (χ2v) is 7.43. The number of carbonyl (C=O) groups excluding carboxylic acids is 2. The van der Waals surface area contributed by atoms with Gasteiger partial charge in [-0.3, -0.25) is 9.59 Å². The summed E-state index contributed by atoms with van der Waals surface area (Å²) in [5, 5.41) is 0. The average molecular weight is 532 g/mol. The summed E-state index contributed by atoms with van der Waals surface area (Å²) in [5.74, 6) is -2.83. The van der Waals surface area contributed by atoms with Crippen molar-refractivity contribution >= 4 is 22.7 Å². The Hall–Kier alpha value is -3.58. The Morgan fingerprint density at radius 2 is 0.611 bits per heavy atom. The molecule has 0 aromatic heterocycles. The predicted molar refractivity (Wildman–Crippen MR) is 98.9 cm³/mol. The van der Waals surface area contributed by atoms with E-state index in [4.69, 9.17) is 0 Å². The lowest BCUT2D eigenvalue weighted by Crippen LogP contribution is -2.16. The molecule has 0 radical (unpaired) electrons. The third-order valence-corrected chi connectivity index (χ3v) is 4.88. The number of hydrogen-bond acceptors (Lipinski definition) is 2. The van der Waals surface area contributed by atoms with Crippen LogP contribution in [0.5, 0.6) is 0 Å². The van der Waals surface area contributed by atoms with E-state index in [9.17, 15) is 62.3 Å². The SMILES string of the molecule is O=C1C=C(c2cc(C(F)(F)F)cc(C(F)(F)F)c2)C(=O)C=C1c1cc(C(F)(F)F)cc(C(F)(F)F)c1. The zero-order valence-corrected chi connectivity index (χ0v) is 17.0. The first-order valence-corrected chi connectivity index (χ1v) is 9.29. The fourth-order valence-electron chi connectivity index (χ4n) is 3.23. The Kier molecular flexibility index (Phi) is 6.39. The summed E-state index contributed by atoms with van der Waals surface area (Å²) < 4.78 is 157. The number of allylic oxidation sites excluding steroid dienone is 4. The molecule has 1 aliphatic carbocycles. The summed E-state index contributed by atoms with van der Waals surface area (Å²) in [4.78, 5) is 25.0. The van der Waals surface area contributed by atoms with Gasteiger partial charge >= 0.3 is 24.7 Å². The van der Waals surface area contributed by atoms with Crippen molar-refractivity contribution in [3.05, 3.63) is 81.9 Å². The van der Waals surface area contributed by atoms with Crippen molar-refractivity contribution in [3.8, 4) is 0 Å². The highest BCUT2D eigenvalue weighted by Crippen LogP contribution is 2.41. The van der Waals surface area contributed by atoms with Crippen molar-refractivity contribution in [2.24, 2.45) is 0 Å². The van der Waals surface area contributed by atoms with Gasteiger partial charge < -0.3 is 0 Å². The van der Waals surface area contributed by atoms with Crippen LogP contribution in [0.4, 0.5) is 52.7 Å². The largest absolute Gasteiger partial charge is 0.416 e.